The van der Waals surface area contributed by atoms with E-state index in [1.165, 1.54) is 6.08 Å². The summed E-state index contributed by atoms with van der Waals surface area (Å²) in [5.74, 6) is -0.178. The molecule has 1 aliphatic rings. The Morgan fingerprint density at radius 1 is 1.32 bits per heavy atom. The Morgan fingerprint density at radius 2 is 2.00 bits per heavy atom. The molecular formula is C15H15NO3. The Hall–Kier alpha value is -2.49. The van der Waals surface area contributed by atoms with Crippen molar-refractivity contribution in [3.63, 3.8) is 0 Å². The van der Waals surface area contributed by atoms with E-state index in [2.05, 4.69) is 0 Å². The maximum absolute atomic E-state index is 11.2. The van der Waals surface area contributed by atoms with Crippen LogP contribution in [0.3, 0.4) is 0 Å². The lowest BCUT2D eigenvalue weighted by molar-refractivity contribution is -0.132. The standard InChI is InChI=1S/C15H15NO3/c1-19-13-5-2-10(3-6-13)8-11-9-12(16)4-7-14(11)15(17)18/h2-8H,9,16H2,1H3,(H,17,18). The molecule has 0 radical (unpaired) electrons. The minimum atomic E-state index is -0.941. The SMILES string of the molecule is COc1ccc(C=C2CC(N)=CC=C2C(=O)O)cc1. The highest BCUT2D eigenvalue weighted by molar-refractivity contribution is 5.94. The molecule has 0 aromatic heterocycles. The predicted molar refractivity (Wildman–Crippen MR) is 73.6 cm³/mol. The van der Waals surface area contributed by atoms with E-state index in [0.717, 1.165) is 11.3 Å². The van der Waals surface area contributed by atoms with Gasteiger partial charge in [-0.05, 0) is 35.4 Å². The van der Waals surface area contributed by atoms with Gasteiger partial charge in [0.25, 0.3) is 0 Å². The molecule has 0 saturated heterocycles. The Kier molecular flexibility index (Phi) is 3.71. The first-order valence-corrected chi connectivity index (χ1v) is 5.85. The van der Waals surface area contributed by atoms with Gasteiger partial charge in [0.15, 0.2) is 0 Å². The fourth-order valence-corrected chi connectivity index (χ4v) is 1.91. The first-order valence-electron chi connectivity index (χ1n) is 5.85. The van der Waals surface area contributed by atoms with Gasteiger partial charge in [0, 0.05) is 12.1 Å². The molecule has 0 atom stereocenters. The van der Waals surface area contributed by atoms with E-state index in [-0.39, 0.29) is 5.57 Å². The van der Waals surface area contributed by atoms with Gasteiger partial charge in [-0.25, -0.2) is 4.79 Å². The van der Waals surface area contributed by atoms with Crippen LogP contribution in [0.4, 0.5) is 0 Å². The minimum absolute atomic E-state index is 0.282. The monoisotopic (exact) mass is 257 g/mol. The molecule has 1 aliphatic carbocycles. The molecule has 19 heavy (non-hydrogen) atoms. The largest absolute Gasteiger partial charge is 0.497 e. The lowest BCUT2D eigenvalue weighted by atomic mass is 9.94. The van der Waals surface area contributed by atoms with Crippen LogP contribution in [0.1, 0.15) is 12.0 Å². The molecule has 0 amide bonds. The second-order valence-electron chi connectivity index (χ2n) is 4.25. The molecule has 4 heteroatoms. The summed E-state index contributed by atoms with van der Waals surface area (Å²) >= 11 is 0. The number of rotatable bonds is 3. The fourth-order valence-electron chi connectivity index (χ4n) is 1.91. The normalized spacial score (nSPS) is 16.8. The number of hydrogen-bond donors (Lipinski definition) is 2. The van der Waals surface area contributed by atoms with Crippen LogP contribution in [0, 0.1) is 0 Å². The number of ether oxygens (including phenoxy) is 1. The fraction of sp³-hybridized carbons (Fsp3) is 0.133. The summed E-state index contributed by atoms with van der Waals surface area (Å²) in [5, 5.41) is 9.16. The molecule has 2 rings (SSSR count). The second-order valence-corrected chi connectivity index (χ2v) is 4.25. The number of carbonyl (C=O) groups is 1. The third-order valence-electron chi connectivity index (χ3n) is 2.89. The van der Waals surface area contributed by atoms with Crippen molar-refractivity contribution < 1.29 is 14.6 Å². The number of benzene rings is 1. The summed E-state index contributed by atoms with van der Waals surface area (Å²) in [6.07, 6.45) is 5.45. The predicted octanol–water partition coefficient (Wildman–Crippen LogP) is 2.34. The van der Waals surface area contributed by atoms with Gasteiger partial charge in [0.1, 0.15) is 5.75 Å². The molecular weight excluding hydrogens is 242 g/mol. The first-order chi connectivity index (χ1) is 9.10. The number of methoxy groups -OCH3 is 1. The summed E-state index contributed by atoms with van der Waals surface area (Å²) in [7, 11) is 1.60. The minimum Gasteiger partial charge on any atom is -0.497 e. The van der Waals surface area contributed by atoms with Crippen molar-refractivity contribution in [3.8, 4) is 5.75 Å². The van der Waals surface area contributed by atoms with Crippen LogP contribution in [-0.2, 0) is 4.79 Å². The Balaban J connectivity index is 2.33. The van der Waals surface area contributed by atoms with Crippen molar-refractivity contribution in [2.24, 2.45) is 5.73 Å². The van der Waals surface area contributed by atoms with E-state index in [9.17, 15) is 4.79 Å². The molecule has 1 aromatic carbocycles. The average Bonchev–Trinajstić information content (AvgIpc) is 2.39. The zero-order valence-corrected chi connectivity index (χ0v) is 10.6. The van der Waals surface area contributed by atoms with Gasteiger partial charge >= 0.3 is 5.97 Å². The lowest BCUT2D eigenvalue weighted by Crippen LogP contribution is -2.10. The maximum Gasteiger partial charge on any atom is 0.335 e. The Morgan fingerprint density at radius 3 is 2.58 bits per heavy atom. The summed E-state index contributed by atoms with van der Waals surface area (Å²) < 4.78 is 5.08. The van der Waals surface area contributed by atoms with Gasteiger partial charge in [-0.1, -0.05) is 18.2 Å². The third-order valence-corrected chi connectivity index (χ3v) is 2.89. The van der Waals surface area contributed by atoms with Crippen LogP contribution in [0.15, 0.2) is 53.3 Å². The highest BCUT2D eigenvalue weighted by Gasteiger charge is 2.16. The molecule has 0 heterocycles. The molecule has 0 saturated carbocycles. The zero-order chi connectivity index (χ0) is 13.8. The van der Waals surface area contributed by atoms with Gasteiger partial charge in [-0.15, -0.1) is 0 Å². The zero-order valence-electron chi connectivity index (χ0n) is 10.6. The molecule has 0 fully saturated rings. The van der Waals surface area contributed by atoms with E-state index in [1.807, 2.05) is 30.3 Å². The van der Waals surface area contributed by atoms with Crippen LogP contribution in [0.25, 0.3) is 6.08 Å². The van der Waals surface area contributed by atoms with Crippen LogP contribution in [-0.4, -0.2) is 18.2 Å². The number of carboxylic acids is 1. The summed E-state index contributed by atoms with van der Waals surface area (Å²) in [6.45, 7) is 0. The third kappa shape index (κ3) is 3.04. The molecule has 0 bridgehead atoms. The molecule has 1 aromatic rings. The number of carboxylic acid groups (broad SMARTS) is 1. The Bertz CT molecular complexity index is 580. The average molecular weight is 257 g/mol. The molecule has 4 nitrogen and oxygen atoms in total. The van der Waals surface area contributed by atoms with Gasteiger partial charge < -0.3 is 15.6 Å². The van der Waals surface area contributed by atoms with Crippen molar-refractivity contribution in [2.75, 3.05) is 7.11 Å². The molecule has 0 unspecified atom stereocenters. The van der Waals surface area contributed by atoms with E-state index in [4.69, 9.17) is 15.6 Å². The number of allylic oxidation sites excluding steroid dienone is 3. The van der Waals surface area contributed by atoms with Crippen molar-refractivity contribution in [2.45, 2.75) is 6.42 Å². The summed E-state index contributed by atoms with van der Waals surface area (Å²) in [6, 6.07) is 7.41. The van der Waals surface area contributed by atoms with Crippen LogP contribution in [0.2, 0.25) is 0 Å². The van der Waals surface area contributed by atoms with Gasteiger partial charge in [0.2, 0.25) is 0 Å². The van der Waals surface area contributed by atoms with E-state index < -0.39 is 5.97 Å². The molecule has 98 valence electrons. The first kappa shape index (κ1) is 13.0. The highest BCUT2D eigenvalue weighted by atomic mass is 16.5. The number of nitrogens with two attached hydrogens (primary N) is 1. The van der Waals surface area contributed by atoms with Crippen molar-refractivity contribution in [1.29, 1.82) is 0 Å². The number of aliphatic carboxylic acids is 1. The van der Waals surface area contributed by atoms with Gasteiger partial charge in [0.05, 0.1) is 12.7 Å². The number of hydrogen-bond acceptors (Lipinski definition) is 3. The van der Waals surface area contributed by atoms with Crippen LogP contribution >= 0.6 is 0 Å². The highest BCUT2D eigenvalue weighted by Crippen LogP contribution is 2.25. The lowest BCUT2D eigenvalue weighted by Gasteiger charge is -2.13. The Labute approximate surface area is 111 Å². The molecule has 0 aliphatic heterocycles. The molecule has 0 spiro atoms. The van der Waals surface area contributed by atoms with Gasteiger partial charge in [-0.3, -0.25) is 0 Å². The summed E-state index contributed by atoms with van der Waals surface area (Å²) in [5.41, 5.74) is 8.31. The van der Waals surface area contributed by atoms with E-state index >= 15 is 0 Å². The van der Waals surface area contributed by atoms with Crippen molar-refractivity contribution in [1.82, 2.24) is 0 Å². The van der Waals surface area contributed by atoms with E-state index in [1.54, 1.807) is 13.2 Å². The topological polar surface area (TPSA) is 72.5 Å². The van der Waals surface area contributed by atoms with E-state index in [0.29, 0.717) is 17.7 Å². The quantitative estimate of drug-likeness (QED) is 0.871. The molecule has 3 N–H and O–H groups in total. The van der Waals surface area contributed by atoms with Crippen molar-refractivity contribution in [3.05, 3.63) is 58.8 Å². The maximum atomic E-state index is 11.2. The van der Waals surface area contributed by atoms with Crippen molar-refractivity contribution >= 4 is 12.0 Å². The summed E-state index contributed by atoms with van der Waals surface area (Å²) in [4.78, 5) is 11.2. The second kappa shape index (κ2) is 5.44. The van der Waals surface area contributed by atoms with Crippen LogP contribution < -0.4 is 10.5 Å². The smallest absolute Gasteiger partial charge is 0.335 e. The van der Waals surface area contributed by atoms with Crippen LogP contribution in [0.5, 0.6) is 5.75 Å². The van der Waals surface area contributed by atoms with Gasteiger partial charge in [-0.2, -0.15) is 0 Å².